The minimum Gasteiger partial charge on any atom is -0.391 e. The van der Waals surface area contributed by atoms with Crippen molar-refractivity contribution in [1.29, 1.82) is 0 Å². The first-order valence-electron chi connectivity index (χ1n) is 11.0. The van der Waals surface area contributed by atoms with Gasteiger partial charge in [0.05, 0.1) is 24.4 Å². The summed E-state index contributed by atoms with van der Waals surface area (Å²) in [5.74, 6) is 0.274. The van der Waals surface area contributed by atoms with Crippen LogP contribution >= 0.6 is 0 Å². The Kier molecular flexibility index (Phi) is 11.7. The molecule has 0 aliphatic carbocycles. The molecule has 1 rings (SSSR count). The number of aliphatic hydroxyl groups is 1. The van der Waals surface area contributed by atoms with E-state index in [1.54, 1.807) is 7.05 Å². The van der Waals surface area contributed by atoms with E-state index in [2.05, 4.69) is 5.32 Å². The van der Waals surface area contributed by atoms with Crippen LogP contribution in [0.25, 0.3) is 0 Å². The van der Waals surface area contributed by atoms with Crippen LogP contribution in [0.5, 0.6) is 0 Å². The summed E-state index contributed by atoms with van der Waals surface area (Å²) in [6.07, 6.45) is 10.2. The molecule has 0 unspecified atom stereocenters. The number of hydrogen-bond donors (Lipinski definition) is 2. The summed E-state index contributed by atoms with van der Waals surface area (Å²) < 4.78 is 5.83. The van der Waals surface area contributed by atoms with Crippen LogP contribution in [0.2, 0.25) is 0 Å². The van der Waals surface area contributed by atoms with E-state index in [9.17, 15) is 14.7 Å². The molecule has 0 bridgehead atoms. The number of ether oxygens (including phenoxy) is 1. The van der Waals surface area contributed by atoms with Crippen LogP contribution in [0.1, 0.15) is 91.4 Å². The highest BCUT2D eigenvalue weighted by Gasteiger charge is 2.34. The van der Waals surface area contributed by atoms with E-state index in [0.717, 1.165) is 32.1 Å². The predicted octanol–water partition coefficient (Wildman–Crippen LogP) is 3.41. The Hall–Kier alpha value is -1.14. The van der Waals surface area contributed by atoms with Crippen molar-refractivity contribution in [3.05, 3.63) is 0 Å². The van der Waals surface area contributed by atoms with Gasteiger partial charge in [0.2, 0.25) is 11.8 Å². The Morgan fingerprint density at radius 3 is 2.07 bits per heavy atom. The van der Waals surface area contributed by atoms with Crippen molar-refractivity contribution in [1.82, 2.24) is 10.2 Å². The molecule has 1 fully saturated rings. The molecule has 0 aromatic rings. The molecule has 0 aromatic heterocycles. The van der Waals surface area contributed by atoms with Gasteiger partial charge in [0, 0.05) is 26.4 Å². The number of nitrogens with zero attached hydrogens (tertiary/aromatic N) is 1. The average molecular weight is 399 g/mol. The molecule has 2 amide bonds. The third-order valence-corrected chi connectivity index (χ3v) is 5.24. The standard InChI is InChI=1S/C22H42N2O4/c1-22(2,3)28-17-18-15-19(25)16-24(18)21(27)14-12-10-8-6-5-7-9-11-13-20(26)23-4/h18-19,25H,5-17H2,1-4H3,(H,23,26)/t18-,19+/m0/s1. The monoisotopic (exact) mass is 398 g/mol. The second kappa shape index (κ2) is 13.2. The molecule has 0 radical (unpaired) electrons. The number of aliphatic hydroxyl groups excluding tert-OH is 1. The maximum atomic E-state index is 12.5. The Labute approximate surface area is 171 Å². The summed E-state index contributed by atoms with van der Waals surface area (Å²) in [6, 6.07) is -0.00323. The molecule has 0 aromatic carbocycles. The van der Waals surface area contributed by atoms with Crippen LogP contribution in [0.4, 0.5) is 0 Å². The number of unbranched alkanes of at least 4 members (excludes halogenated alkanes) is 7. The quantitative estimate of drug-likeness (QED) is 0.466. The molecule has 1 saturated heterocycles. The zero-order chi connectivity index (χ0) is 21.0. The number of amides is 2. The third-order valence-electron chi connectivity index (χ3n) is 5.24. The highest BCUT2D eigenvalue weighted by Crippen LogP contribution is 2.22. The average Bonchev–Trinajstić information content (AvgIpc) is 3.01. The van der Waals surface area contributed by atoms with Crippen molar-refractivity contribution >= 4 is 11.8 Å². The van der Waals surface area contributed by atoms with Gasteiger partial charge in [-0.15, -0.1) is 0 Å². The first-order valence-corrected chi connectivity index (χ1v) is 11.0. The van der Waals surface area contributed by atoms with Crippen LogP contribution < -0.4 is 5.32 Å². The minimum absolute atomic E-state index is 0.00323. The smallest absolute Gasteiger partial charge is 0.222 e. The van der Waals surface area contributed by atoms with Crippen LogP contribution in [0, 0.1) is 0 Å². The van der Waals surface area contributed by atoms with Gasteiger partial charge in [-0.25, -0.2) is 0 Å². The van der Waals surface area contributed by atoms with E-state index >= 15 is 0 Å². The maximum absolute atomic E-state index is 12.5. The van der Waals surface area contributed by atoms with Crippen molar-refractivity contribution in [2.24, 2.45) is 0 Å². The first kappa shape index (κ1) is 24.9. The lowest BCUT2D eigenvalue weighted by molar-refractivity contribution is -0.134. The fourth-order valence-corrected chi connectivity index (χ4v) is 3.59. The zero-order valence-electron chi connectivity index (χ0n) is 18.5. The molecule has 28 heavy (non-hydrogen) atoms. The number of likely N-dealkylation sites (tertiary alicyclic amines) is 1. The molecule has 2 N–H and O–H groups in total. The highest BCUT2D eigenvalue weighted by molar-refractivity contribution is 5.77. The summed E-state index contributed by atoms with van der Waals surface area (Å²) in [5.41, 5.74) is -0.231. The summed E-state index contributed by atoms with van der Waals surface area (Å²) in [5, 5.41) is 12.6. The number of rotatable bonds is 13. The normalized spacial score (nSPS) is 19.8. The van der Waals surface area contributed by atoms with Gasteiger partial charge in [0.15, 0.2) is 0 Å². The van der Waals surface area contributed by atoms with Gasteiger partial charge >= 0.3 is 0 Å². The topological polar surface area (TPSA) is 78.9 Å². The van der Waals surface area contributed by atoms with E-state index in [1.807, 2.05) is 25.7 Å². The predicted molar refractivity (Wildman–Crippen MR) is 112 cm³/mol. The molecule has 164 valence electrons. The molecule has 1 aliphatic rings. The van der Waals surface area contributed by atoms with Gasteiger partial charge in [0.1, 0.15) is 0 Å². The van der Waals surface area contributed by atoms with Crippen molar-refractivity contribution < 1.29 is 19.4 Å². The second-order valence-corrected chi connectivity index (χ2v) is 9.01. The number of hydrogen-bond acceptors (Lipinski definition) is 4. The van der Waals surface area contributed by atoms with Gasteiger partial charge in [-0.2, -0.15) is 0 Å². The molecular weight excluding hydrogens is 356 g/mol. The van der Waals surface area contributed by atoms with E-state index in [0.29, 0.717) is 32.4 Å². The van der Waals surface area contributed by atoms with Crippen LogP contribution in [-0.4, -0.2) is 59.8 Å². The zero-order valence-corrected chi connectivity index (χ0v) is 18.5. The molecular formula is C22H42N2O4. The highest BCUT2D eigenvalue weighted by atomic mass is 16.5. The van der Waals surface area contributed by atoms with Crippen molar-refractivity contribution in [2.45, 2.75) is 109 Å². The maximum Gasteiger partial charge on any atom is 0.222 e. The van der Waals surface area contributed by atoms with E-state index < -0.39 is 6.10 Å². The fourth-order valence-electron chi connectivity index (χ4n) is 3.59. The summed E-state index contributed by atoms with van der Waals surface area (Å²) in [4.78, 5) is 25.5. The van der Waals surface area contributed by atoms with Gasteiger partial charge in [0.25, 0.3) is 0 Å². The molecule has 0 spiro atoms. The van der Waals surface area contributed by atoms with E-state index in [1.165, 1.54) is 19.3 Å². The molecule has 1 heterocycles. The fraction of sp³-hybridized carbons (Fsp3) is 0.909. The lowest BCUT2D eigenvalue weighted by Crippen LogP contribution is -2.40. The Morgan fingerprint density at radius 1 is 1.00 bits per heavy atom. The van der Waals surface area contributed by atoms with Gasteiger partial charge in [-0.05, 0) is 40.0 Å². The number of carbonyl (C=O) groups is 2. The van der Waals surface area contributed by atoms with Gasteiger partial charge in [-0.3, -0.25) is 9.59 Å². The molecule has 6 nitrogen and oxygen atoms in total. The number of nitrogens with one attached hydrogen (secondary N) is 1. The Balaban J connectivity index is 2.09. The van der Waals surface area contributed by atoms with Gasteiger partial charge in [-0.1, -0.05) is 38.5 Å². The number of β-amino-alcohol motifs (C(OH)–C–C–N with tert-alkyl or cyclic N) is 1. The van der Waals surface area contributed by atoms with Crippen LogP contribution in [0.3, 0.4) is 0 Å². The van der Waals surface area contributed by atoms with Crippen LogP contribution in [0.15, 0.2) is 0 Å². The lowest BCUT2D eigenvalue weighted by Gasteiger charge is -2.28. The first-order chi connectivity index (χ1) is 13.2. The van der Waals surface area contributed by atoms with E-state index in [4.69, 9.17) is 4.74 Å². The van der Waals surface area contributed by atoms with E-state index in [-0.39, 0.29) is 23.5 Å². The summed E-state index contributed by atoms with van der Waals surface area (Å²) >= 11 is 0. The Bertz CT molecular complexity index is 462. The lowest BCUT2D eigenvalue weighted by atomic mass is 10.1. The summed E-state index contributed by atoms with van der Waals surface area (Å²) in [6.45, 7) is 6.95. The SMILES string of the molecule is CNC(=O)CCCCCCCCCCC(=O)N1C[C@H](O)C[C@H]1COC(C)(C)C. The van der Waals surface area contributed by atoms with Crippen LogP contribution in [-0.2, 0) is 14.3 Å². The van der Waals surface area contributed by atoms with Crippen molar-refractivity contribution in [2.75, 3.05) is 20.2 Å². The third kappa shape index (κ3) is 11.0. The van der Waals surface area contributed by atoms with Crippen molar-refractivity contribution in [3.63, 3.8) is 0 Å². The molecule has 0 saturated carbocycles. The Morgan fingerprint density at radius 2 is 1.54 bits per heavy atom. The number of carbonyl (C=O) groups excluding carboxylic acids is 2. The molecule has 1 aliphatic heterocycles. The summed E-state index contributed by atoms with van der Waals surface area (Å²) in [7, 11) is 1.68. The minimum atomic E-state index is -0.430. The van der Waals surface area contributed by atoms with Crippen molar-refractivity contribution in [3.8, 4) is 0 Å². The molecule has 6 heteroatoms. The molecule has 2 atom stereocenters. The second-order valence-electron chi connectivity index (χ2n) is 9.01. The largest absolute Gasteiger partial charge is 0.391 e. The van der Waals surface area contributed by atoms with Gasteiger partial charge < -0.3 is 20.1 Å².